The number of fused-ring (bicyclic) bond motifs is 1. The second kappa shape index (κ2) is 8.23. The van der Waals surface area contributed by atoms with Gasteiger partial charge in [0.1, 0.15) is 17.2 Å². The lowest BCUT2D eigenvalue weighted by Crippen LogP contribution is -2.23. The van der Waals surface area contributed by atoms with Gasteiger partial charge in [0.25, 0.3) is 11.5 Å². The number of anilines is 1. The third-order valence-corrected chi connectivity index (χ3v) is 4.97. The summed E-state index contributed by atoms with van der Waals surface area (Å²) in [5.41, 5.74) is 0.673. The number of nitrogens with zero attached hydrogens (tertiary/aromatic N) is 1. The topological polar surface area (TPSA) is 89.8 Å². The molecular formula is C24H20N2O5. The maximum Gasteiger partial charge on any atom is 0.263 e. The summed E-state index contributed by atoms with van der Waals surface area (Å²) in [6, 6.07) is 18.4. The van der Waals surface area contributed by atoms with E-state index in [4.69, 9.17) is 9.47 Å². The summed E-state index contributed by atoms with van der Waals surface area (Å²) in [6.07, 6.45) is 1.47. The molecule has 0 bridgehead atoms. The molecule has 4 rings (SSSR count). The minimum Gasteiger partial charge on any atom is -0.506 e. The fraction of sp³-hybridized carbons (Fsp3) is 0.0833. The molecule has 0 aliphatic carbocycles. The van der Waals surface area contributed by atoms with Gasteiger partial charge in [0.05, 0.1) is 31.2 Å². The van der Waals surface area contributed by atoms with Gasteiger partial charge in [-0.2, -0.15) is 0 Å². The van der Waals surface area contributed by atoms with Gasteiger partial charge in [0.2, 0.25) is 0 Å². The van der Waals surface area contributed by atoms with Crippen molar-refractivity contribution in [3.8, 4) is 22.9 Å². The quantitative estimate of drug-likeness (QED) is 0.481. The van der Waals surface area contributed by atoms with Gasteiger partial charge < -0.3 is 19.9 Å². The van der Waals surface area contributed by atoms with E-state index in [2.05, 4.69) is 5.32 Å². The van der Waals surface area contributed by atoms with Crippen molar-refractivity contribution >= 4 is 22.4 Å². The molecule has 1 heterocycles. The van der Waals surface area contributed by atoms with Crippen LogP contribution in [0, 0.1) is 0 Å². The largest absolute Gasteiger partial charge is 0.506 e. The summed E-state index contributed by atoms with van der Waals surface area (Å²) in [5, 5.41) is 13.6. The fourth-order valence-electron chi connectivity index (χ4n) is 3.41. The van der Waals surface area contributed by atoms with E-state index in [0.29, 0.717) is 28.0 Å². The van der Waals surface area contributed by atoms with Crippen molar-refractivity contribution in [1.29, 1.82) is 0 Å². The molecule has 0 spiro atoms. The number of benzene rings is 3. The van der Waals surface area contributed by atoms with Gasteiger partial charge in [-0.05, 0) is 30.3 Å². The van der Waals surface area contributed by atoms with Crippen LogP contribution in [-0.2, 0) is 0 Å². The number of pyridine rings is 1. The molecule has 0 radical (unpaired) electrons. The van der Waals surface area contributed by atoms with Crippen LogP contribution in [-0.4, -0.2) is 29.8 Å². The van der Waals surface area contributed by atoms with Crippen molar-refractivity contribution in [2.45, 2.75) is 0 Å². The van der Waals surface area contributed by atoms with Crippen LogP contribution >= 0.6 is 0 Å². The molecule has 7 heteroatoms. The molecule has 0 fully saturated rings. The Bertz CT molecular complexity index is 1340. The number of rotatable bonds is 5. The molecule has 0 aliphatic rings. The molecule has 0 saturated heterocycles. The van der Waals surface area contributed by atoms with Gasteiger partial charge >= 0.3 is 0 Å². The first-order valence-corrected chi connectivity index (χ1v) is 9.49. The zero-order valence-corrected chi connectivity index (χ0v) is 17.0. The number of phenolic OH excluding ortho intramolecular Hbond substituents is 1. The Labute approximate surface area is 178 Å². The Morgan fingerprint density at radius 1 is 0.935 bits per heavy atom. The summed E-state index contributed by atoms with van der Waals surface area (Å²) < 4.78 is 12.1. The third kappa shape index (κ3) is 3.69. The summed E-state index contributed by atoms with van der Waals surface area (Å²) >= 11 is 0. The number of methoxy groups -OCH3 is 2. The van der Waals surface area contributed by atoms with Crippen LogP contribution in [0.4, 0.5) is 5.69 Å². The smallest absolute Gasteiger partial charge is 0.263 e. The zero-order valence-electron chi connectivity index (χ0n) is 17.0. The van der Waals surface area contributed by atoms with Crippen LogP contribution in [0.15, 0.2) is 77.7 Å². The first-order chi connectivity index (χ1) is 15.0. The highest BCUT2D eigenvalue weighted by Gasteiger charge is 2.18. The second-order valence-electron chi connectivity index (χ2n) is 6.77. The molecule has 0 unspecified atom stereocenters. The van der Waals surface area contributed by atoms with Crippen LogP contribution in [0.25, 0.3) is 16.5 Å². The van der Waals surface area contributed by atoms with Gasteiger partial charge in [0.15, 0.2) is 0 Å². The lowest BCUT2D eigenvalue weighted by molar-refractivity contribution is 0.102. The number of aromatic hydroxyl groups is 1. The van der Waals surface area contributed by atoms with Crippen molar-refractivity contribution in [3.63, 3.8) is 0 Å². The van der Waals surface area contributed by atoms with E-state index in [0.717, 1.165) is 0 Å². The molecule has 3 aromatic carbocycles. The van der Waals surface area contributed by atoms with Crippen LogP contribution in [0.3, 0.4) is 0 Å². The maximum atomic E-state index is 13.3. The number of phenols is 1. The van der Waals surface area contributed by atoms with Gasteiger partial charge in [0, 0.05) is 23.0 Å². The first kappa shape index (κ1) is 20.0. The predicted octanol–water partition coefficient (Wildman–Crippen LogP) is 3.97. The molecule has 31 heavy (non-hydrogen) atoms. The maximum absolute atomic E-state index is 13.3. The van der Waals surface area contributed by atoms with Crippen LogP contribution in [0.5, 0.6) is 17.2 Å². The minimum atomic E-state index is -0.465. The normalized spacial score (nSPS) is 10.6. The Kier molecular flexibility index (Phi) is 5.32. The number of para-hydroxylation sites is 2. The van der Waals surface area contributed by atoms with Crippen molar-refractivity contribution in [2.75, 3.05) is 19.5 Å². The number of aromatic nitrogens is 1. The van der Waals surface area contributed by atoms with Crippen molar-refractivity contribution in [3.05, 3.63) is 88.8 Å². The summed E-state index contributed by atoms with van der Waals surface area (Å²) in [7, 11) is 3.03. The third-order valence-electron chi connectivity index (χ3n) is 4.97. The Hall–Kier alpha value is -4.26. The van der Waals surface area contributed by atoms with Crippen molar-refractivity contribution in [2.24, 2.45) is 0 Å². The van der Waals surface area contributed by atoms with Gasteiger partial charge in [-0.25, -0.2) is 0 Å². The highest BCUT2D eigenvalue weighted by molar-refractivity contribution is 6.13. The average Bonchev–Trinajstić information content (AvgIpc) is 2.80. The van der Waals surface area contributed by atoms with E-state index in [1.54, 1.807) is 60.7 Å². The Morgan fingerprint density at radius 3 is 2.35 bits per heavy atom. The van der Waals surface area contributed by atoms with Crippen molar-refractivity contribution in [1.82, 2.24) is 4.57 Å². The molecule has 7 nitrogen and oxygen atoms in total. The van der Waals surface area contributed by atoms with E-state index in [1.165, 1.54) is 31.0 Å². The minimum absolute atomic E-state index is 0.0528. The highest BCUT2D eigenvalue weighted by Crippen LogP contribution is 2.29. The molecule has 2 N–H and O–H groups in total. The Morgan fingerprint density at radius 2 is 1.65 bits per heavy atom. The molecular weight excluding hydrogens is 396 g/mol. The number of nitrogens with one attached hydrogen (secondary N) is 1. The number of ether oxygens (including phenoxy) is 2. The highest BCUT2D eigenvalue weighted by atomic mass is 16.5. The number of hydrogen-bond donors (Lipinski definition) is 2. The SMILES string of the molecule is COc1ccc(OC)c(-n2cc(C(=O)Nc3ccccc3O)c3ccccc3c2=O)c1. The molecule has 156 valence electrons. The Balaban J connectivity index is 1.94. The molecule has 0 aliphatic heterocycles. The van der Waals surface area contributed by atoms with Crippen LogP contribution in [0.1, 0.15) is 10.4 Å². The summed E-state index contributed by atoms with van der Waals surface area (Å²) in [4.78, 5) is 26.4. The van der Waals surface area contributed by atoms with E-state index >= 15 is 0 Å². The fourth-order valence-corrected chi connectivity index (χ4v) is 3.41. The first-order valence-electron chi connectivity index (χ1n) is 9.49. The number of carbonyl (C=O) groups is 1. The molecule has 1 amide bonds. The van der Waals surface area contributed by atoms with Gasteiger partial charge in [-0.15, -0.1) is 0 Å². The van der Waals surface area contributed by atoms with Crippen LogP contribution < -0.4 is 20.3 Å². The van der Waals surface area contributed by atoms with Gasteiger partial charge in [-0.1, -0.05) is 30.3 Å². The van der Waals surface area contributed by atoms with Crippen molar-refractivity contribution < 1.29 is 19.4 Å². The lowest BCUT2D eigenvalue weighted by Gasteiger charge is -2.16. The summed E-state index contributed by atoms with van der Waals surface area (Å²) in [5.74, 6) is 0.470. The number of amides is 1. The van der Waals surface area contributed by atoms with E-state index in [1.807, 2.05) is 0 Å². The van der Waals surface area contributed by atoms with Gasteiger partial charge in [-0.3, -0.25) is 14.2 Å². The zero-order chi connectivity index (χ0) is 22.0. The standard InChI is InChI=1S/C24H20N2O5/c1-30-15-11-12-22(31-2)20(13-15)26-14-18(16-7-3-4-8-17(16)24(26)29)23(28)25-19-9-5-6-10-21(19)27/h3-14,27H,1-2H3,(H,25,28). The average molecular weight is 416 g/mol. The monoisotopic (exact) mass is 416 g/mol. The predicted molar refractivity (Wildman–Crippen MR) is 119 cm³/mol. The lowest BCUT2D eigenvalue weighted by atomic mass is 10.1. The molecule has 4 aromatic rings. The second-order valence-corrected chi connectivity index (χ2v) is 6.77. The number of hydrogen-bond acceptors (Lipinski definition) is 5. The van der Waals surface area contributed by atoms with E-state index < -0.39 is 5.91 Å². The van der Waals surface area contributed by atoms with Crippen LogP contribution in [0.2, 0.25) is 0 Å². The molecule has 0 saturated carbocycles. The molecule has 1 aromatic heterocycles. The molecule has 0 atom stereocenters. The number of carbonyl (C=O) groups excluding carboxylic acids is 1. The summed E-state index contributed by atoms with van der Waals surface area (Å²) in [6.45, 7) is 0. The van der Waals surface area contributed by atoms with E-state index in [-0.39, 0.29) is 22.6 Å². The van der Waals surface area contributed by atoms with E-state index in [9.17, 15) is 14.7 Å².